The molecule has 0 aliphatic heterocycles. The lowest BCUT2D eigenvalue weighted by molar-refractivity contribution is -0.138. The highest BCUT2D eigenvalue weighted by Gasteiger charge is 2.20. The molecule has 2 N–H and O–H groups in total. The third-order valence-electron chi connectivity index (χ3n) is 2.53. The highest BCUT2D eigenvalue weighted by molar-refractivity contribution is 6.31. The van der Waals surface area contributed by atoms with Gasteiger partial charge in [0.25, 0.3) is 0 Å². The molecule has 106 valence electrons. The van der Waals surface area contributed by atoms with Gasteiger partial charge in [0.15, 0.2) is 0 Å². The molecule has 0 saturated heterocycles. The summed E-state index contributed by atoms with van der Waals surface area (Å²) in [6, 6.07) is 4.90. The van der Waals surface area contributed by atoms with E-state index in [1.165, 1.54) is 0 Å². The number of aliphatic carboxylic acids is 1. The van der Waals surface area contributed by atoms with Crippen molar-refractivity contribution in [1.82, 2.24) is 4.90 Å². The number of halogens is 1. The quantitative estimate of drug-likeness (QED) is 0.873. The van der Waals surface area contributed by atoms with Gasteiger partial charge in [0.1, 0.15) is 5.75 Å². The number of hydrogen-bond acceptors (Lipinski definition) is 3. The van der Waals surface area contributed by atoms with E-state index in [2.05, 4.69) is 0 Å². The van der Waals surface area contributed by atoms with Crippen LogP contribution in [-0.2, 0) is 11.3 Å². The van der Waals surface area contributed by atoms with Gasteiger partial charge in [-0.15, -0.1) is 0 Å². The number of benzene rings is 1. The zero-order valence-electron chi connectivity index (χ0n) is 11.5. The van der Waals surface area contributed by atoms with E-state index >= 15 is 0 Å². The van der Waals surface area contributed by atoms with Gasteiger partial charge < -0.3 is 10.2 Å². The van der Waals surface area contributed by atoms with Crippen molar-refractivity contribution in [3.05, 3.63) is 28.8 Å². The molecule has 1 rings (SSSR count). The van der Waals surface area contributed by atoms with Gasteiger partial charge in [-0.05, 0) is 17.5 Å². The van der Waals surface area contributed by atoms with E-state index in [1.807, 2.05) is 20.8 Å². The number of carbonyl (C=O) groups is 1. The molecule has 0 bridgehead atoms. The predicted octanol–water partition coefficient (Wildman–Crippen LogP) is 2.98. The summed E-state index contributed by atoms with van der Waals surface area (Å²) in [4.78, 5) is 12.7. The number of aromatic hydroxyl groups is 1. The largest absolute Gasteiger partial charge is 0.508 e. The fourth-order valence-electron chi connectivity index (χ4n) is 1.96. The number of carboxylic acids is 1. The lowest BCUT2D eigenvalue weighted by Gasteiger charge is -2.29. The van der Waals surface area contributed by atoms with Crippen molar-refractivity contribution in [2.24, 2.45) is 5.41 Å². The normalized spacial score (nSPS) is 11.8. The lowest BCUT2D eigenvalue weighted by atomic mass is 9.95. The molecule has 0 spiro atoms. The Labute approximate surface area is 118 Å². The maximum absolute atomic E-state index is 10.9. The van der Waals surface area contributed by atoms with Crippen LogP contribution in [0.25, 0.3) is 0 Å². The second-order valence-corrected chi connectivity index (χ2v) is 6.24. The van der Waals surface area contributed by atoms with Gasteiger partial charge in [-0.25, -0.2) is 0 Å². The van der Waals surface area contributed by atoms with E-state index < -0.39 is 5.97 Å². The monoisotopic (exact) mass is 285 g/mol. The first-order chi connectivity index (χ1) is 8.69. The third kappa shape index (κ3) is 5.49. The zero-order chi connectivity index (χ0) is 14.6. The number of nitrogens with zero attached hydrogens (tertiary/aromatic N) is 1. The molecule has 0 radical (unpaired) electrons. The molecule has 19 heavy (non-hydrogen) atoms. The first kappa shape index (κ1) is 15.8. The van der Waals surface area contributed by atoms with Crippen LogP contribution in [-0.4, -0.2) is 34.2 Å². The lowest BCUT2D eigenvalue weighted by Crippen LogP contribution is -2.36. The number of phenolic OH excluding ortho intramolecular Hbond substituents is 1. The first-order valence-electron chi connectivity index (χ1n) is 6.09. The highest BCUT2D eigenvalue weighted by atomic mass is 35.5. The zero-order valence-corrected chi connectivity index (χ0v) is 12.2. The smallest absolute Gasteiger partial charge is 0.317 e. The maximum Gasteiger partial charge on any atom is 0.317 e. The Morgan fingerprint density at radius 2 is 2.00 bits per heavy atom. The summed E-state index contributed by atoms with van der Waals surface area (Å²) in [5.74, 6) is -0.799. The minimum absolute atomic E-state index is 0.0354. The fourth-order valence-corrected chi connectivity index (χ4v) is 2.19. The predicted molar refractivity (Wildman–Crippen MR) is 75.5 cm³/mol. The first-order valence-corrected chi connectivity index (χ1v) is 6.47. The molecule has 0 aliphatic carbocycles. The summed E-state index contributed by atoms with van der Waals surface area (Å²) < 4.78 is 0. The molecule has 0 aromatic heterocycles. The summed E-state index contributed by atoms with van der Waals surface area (Å²) in [5.41, 5.74) is 0.529. The van der Waals surface area contributed by atoms with Crippen LogP contribution in [0.15, 0.2) is 18.2 Å². The number of hydrogen-bond donors (Lipinski definition) is 2. The molecular weight excluding hydrogens is 266 g/mol. The summed E-state index contributed by atoms with van der Waals surface area (Å²) in [7, 11) is 0. The second kappa shape index (κ2) is 6.26. The third-order valence-corrected chi connectivity index (χ3v) is 2.89. The van der Waals surface area contributed by atoms with Crippen molar-refractivity contribution < 1.29 is 15.0 Å². The Balaban J connectivity index is 2.90. The van der Waals surface area contributed by atoms with Crippen LogP contribution in [0.1, 0.15) is 26.3 Å². The van der Waals surface area contributed by atoms with E-state index in [4.69, 9.17) is 16.7 Å². The second-order valence-electron chi connectivity index (χ2n) is 5.84. The minimum Gasteiger partial charge on any atom is -0.508 e. The molecular formula is C14H20ClNO3. The molecule has 0 aliphatic rings. The molecule has 0 heterocycles. The van der Waals surface area contributed by atoms with Gasteiger partial charge >= 0.3 is 5.97 Å². The van der Waals surface area contributed by atoms with Crippen LogP contribution in [0.2, 0.25) is 5.02 Å². The van der Waals surface area contributed by atoms with E-state index in [1.54, 1.807) is 23.1 Å². The summed E-state index contributed by atoms with van der Waals surface area (Å²) in [6.45, 7) is 6.94. The average Bonchev–Trinajstić information content (AvgIpc) is 2.20. The molecule has 0 atom stereocenters. The summed E-state index contributed by atoms with van der Waals surface area (Å²) >= 11 is 6.05. The molecule has 1 aromatic rings. The average molecular weight is 286 g/mol. The van der Waals surface area contributed by atoms with Crippen LogP contribution in [0.5, 0.6) is 5.75 Å². The molecule has 1 aromatic carbocycles. The van der Waals surface area contributed by atoms with E-state index in [9.17, 15) is 9.90 Å². The van der Waals surface area contributed by atoms with Crippen LogP contribution in [0.3, 0.4) is 0 Å². The van der Waals surface area contributed by atoms with E-state index in [0.29, 0.717) is 23.7 Å². The van der Waals surface area contributed by atoms with Gasteiger partial charge in [0.05, 0.1) is 6.54 Å². The topological polar surface area (TPSA) is 60.8 Å². The van der Waals surface area contributed by atoms with Gasteiger partial charge in [0.2, 0.25) is 0 Å². The molecule has 0 amide bonds. The molecule has 0 fully saturated rings. The van der Waals surface area contributed by atoms with Gasteiger partial charge in [0, 0.05) is 23.7 Å². The van der Waals surface area contributed by atoms with Crippen molar-refractivity contribution in [1.29, 1.82) is 0 Å². The molecule has 4 nitrogen and oxygen atoms in total. The maximum atomic E-state index is 10.9. The van der Waals surface area contributed by atoms with Crippen LogP contribution < -0.4 is 0 Å². The SMILES string of the molecule is CC(C)(C)CN(CC(=O)O)Cc1c(O)cccc1Cl. The van der Waals surface area contributed by atoms with Gasteiger partial charge in [-0.2, -0.15) is 0 Å². The van der Waals surface area contributed by atoms with Crippen LogP contribution >= 0.6 is 11.6 Å². The van der Waals surface area contributed by atoms with Crippen molar-refractivity contribution in [3.63, 3.8) is 0 Å². The number of rotatable bonds is 5. The van der Waals surface area contributed by atoms with Crippen molar-refractivity contribution >= 4 is 17.6 Å². The Morgan fingerprint density at radius 1 is 1.37 bits per heavy atom. The van der Waals surface area contributed by atoms with E-state index in [-0.39, 0.29) is 17.7 Å². The molecule has 0 unspecified atom stereocenters. The van der Waals surface area contributed by atoms with Crippen molar-refractivity contribution in [2.75, 3.05) is 13.1 Å². The van der Waals surface area contributed by atoms with Gasteiger partial charge in [-0.3, -0.25) is 9.69 Å². The molecule has 5 heteroatoms. The van der Waals surface area contributed by atoms with Crippen LogP contribution in [0.4, 0.5) is 0 Å². The summed E-state index contributed by atoms with van der Waals surface area (Å²) in [5, 5.41) is 19.2. The summed E-state index contributed by atoms with van der Waals surface area (Å²) in [6.07, 6.45) is 0. The number of phenols is 1. The Morgan fingerprint density at radius 3 is 2.47 bits per heavy atom. The van der Waals surface area contributed by atoms with E-state index in [0.717, 1.165) is 0 Å². The van der Waals surface area contributed by atoms with Crippen LogP contribution in [0, 0.1) is 5.41 Å². The fraction of sp³-hybridized carbons (Fsp3) is 0.500. The Bertz CT molecular complexity index is 434. The van der Waals surface area contributed by atoms with Gasteiger partial charge in [-0.1, -0.05) is 38.4 Å². The number of carboxylic acid groups (broad SMARTS) is 1. The highest BCUT2D eigenvalue weighted by Crippen LogP contribution is 2.27. The Kier molecular flexibility index (Phi) is 5.20. The standard InChI is InChI=1S/C14H20ClNO3/c1-14(2,3)9-16(8-13(18)19)7-10-11(15)5-4-6-12(10)17/h4-6,17H,7-9H2,1-3H3,(H,18,19). The minimum atomic E-state index is -0.893. The Hall–Kier alpha value is -1.26. The van der Waals surface area contributed by atoms with Crippen molar-refractivity contribution in [3.8, 4) is 5.75 Å². The van der Waals surface area contributed by atoms with Crippen molar-refractivity contribution in [2.45, 2.75) is 27.3 Å². The molecule has 0 saturated carbocycles.